The fraction of sp³-hybridized carbons (Fsp3) is 0. The van der Waals surface area contributed by atoms with Gasteiger partial charge in [-0.3, -0.25) is 8.97 Å². The number of hydrogen-bond acceptors (Lipinski definition) is 2. The number of nitrogens with zero attached hydrogens (tertiary/aromatic N) is 4. The second kappa shape index (κ2) is 12.9. The number of hydrogen-bond donors (Lipinski definition) is 0. The average molecular weight is 679 g/mol. The van der Waals surface area contributed by atoms with Crippen LogP contribution in [-0.4, -0.2) is 14.0 Å². The van der Waals surface area contributed by atoms with Crippen LogP contribution in [0.4, 0.5) is 17.1 Å². The van der Waals surface area contributed by atoms with Crippen LogP contribution in [0.3, 0.4) is 0 Å². The third-order valence-electron chi connectivity index (χ3n) is 10.2. The molecular formula is C49H34N4. The fourth-order valence-corrected chi connectivity index (χ4v) is 7.52. The fourth-order valence-electron chi connectivity index (χ4n) is 7.52. The summed E-state index contributed by atoms with van der Waals surface area (Å²) in [5.41, 5.74) is 16.0. The minimum Gasteiger partial charge on any atom is -0.311 e. The Bertz CT molecular complexity index is 2830. The Balaban J connectivity index is 0.949. The molecule has 4 nitrogen and oxygen atoms in total. The van der Waals surface area contributed by atoms with E-state index in [-0.39, 0.29) is 0 Å². The highest BCUT2D eigenvalue weighted by atomic mass is 15.2. The number of rotatable bonds is 7. The molecule has 0 amide bonds. The molecule has 0 bridgehead atoms. The maximum atomic E-state index is 5.04. The summed E-state index contributed by atoms with van der Waals surface area (Å²) in [5.74, 6) is 0.916. The lowest BCUT2D eigenvalue weighted by atomic mass is 10.00. The van der Waals surface area contributed by atoms with Crippen LogP contribution in [-0.2, 0) is 0 Å². The second-order valence-corrected chi connectivity index (χ2v) is 13.3. The molecule has 0 saturated heterocycles. The predicted octanol–water partition coefficient (Wildman–Crippen LogP) is 12.9. The highest BCUT2D eigenvalue weighted by Crippen LogP contribution is 2.37. The van der Waals surface area contributed by atoms with Crippen LogP contribution in [0.5, 0.6) is 0 Å². The minimum atomic E-state index is 0.916. The zero-order valence-corrected chi connectivity index (χ0v) is 28.9. The molecule has 2 heterocycles. The van der Waals surface area contributed by atoms with E-state index in [1.807, 2.05) is 6.07 Å². The standard InChI is InChI=1S/C49H34N4/c1-3-11-35(12-4-1)36-19-21-37(22-20-36)38-23-29-42(30-24-38)51(41-13-5-2-6-14-41)43-31-25-39(26-32-43)40-27-33-44(34-28-40)52-47-17-9-10-18-48(47)53-46-16-8-7-15-45(46)50-49(52)53/h1-34H. The largest absolute Gasteiger partial charge is 0.311 e. The van der Waals surface area contributed by atoms with Crippen molar-refractivity contribution >= 4 is 44.9 Å². The molecule has 53 heavy (non-hydrogen) atoms. The minimum absolute atomic E-state index is 0.916. The predicted molar refractivity (Wildman–Crippen MR) is 221 cm³/mol. The Morgan fingerprint density at radius 2 is 0.717 bits per heavy atom. The van der Waals surface area contributed by atoms with Crippen molar-refractivity contribution in [2.24, 2.45) is 0 Å². The van der Waals surface area contributed by atoms with Crippen LogP contribution in [0.25, 0.3) is 66.9 Å². The van der Waals surface area contributed by atoms with E-state index in [0.29, 0.717) is 0 Å². The Kier molecular flexibility index (Phi) is 7.43. The maximum Gasteiger partial charge on any atom is 0.220 e. The van der Waals surface area contributed by atoms with Crippen LogP contribution in [0.1, 0.15) is 0 Å². The molecule has 250 valence electrons. The quantitative estimate of drug-likeness (QED) is 0.168. The lowest BCUT2D eigenvalue weighted by molar-refractivity contribution is 1.11. The Labute approximate surface area is 308 Å². The van der Waals surface area contributed by atoms with Gasteiger partial charge >= 0.3 is 0 Å². The van der Waals surface area contributed by atoms with Crippen LogP contribution in [0, 0.1) is 0 Å². The molecule has 0 aliphatic carbocycles. The van der Waals surface area contributed by atoms with Gasteiger partial charge in [0.2, 0.25) is 5.78 Å². The molecule has 0 aliphatic heterocycles. The van der Waals surface area contributed by atoms with Crippen molar-refractivity contribution in [3.05, 3.63) is 206 Å². The first-order valence-electron chi connectivity index (χ1n) is 18.0. The van der Waals surface area contributed by atoms with Gasteiger partial charge in [-0.2, -0.15) is 0 Å². The molecule has 0 atom stereocenters. The molecule has 0 fully saturated rings. The summed E-state index contributed by atoms with van der Waals surface area (Å²) in [7, 11) is 0. The van der Waals surface area contributed by atoms with E-state index in [1.165, 1.54) is 22.3 Å². The Hall–Kier alpha value is -7.17. The van der Waals surface area contributed by atoms with Crippen molar-refractivity contribution in [1.82, 2.24) is 14.0 Å². The Morgan fingerprint density at radius 1 is 0.321 bits per heavy atom. The van der Waals surface area contributed by atoms with Gasteiger partial charge in [0.15, 0.2) is 0 Å². The Morgan fingerprint density at radius 3 is 1.28 bits per heavy atom. The molecule has 8 aromatic carbocycles. The number of benzene rings is 8. The summed E-state index contributed by atoms with van der Waals surface area (Å²) >= 11 is 0. The van der Waals surface area contributed by atoms with Gasteiger partial charge in [-0.05, 0) is 106 Å². The van der Waals surface area contributed by atoms with Gasteiger partial charge in [0, 0.05) is 22.7 Å². The summed E-state index contributed by atoms with van der Waals surface area (Å²) in [4.78, 5) is 7.35. The van der Waals surface area contributed by atoms with E-state index in [2.05, 4.69) is 214 Å². The van der Waals surface area contributed by atoms with Gasteiger partial charge in [-0.1, -0.05) is 133 Å². The lowest BCUT2D eigenvalue weighted by Gasteiger charge is -2.26. The van der Waals surface area contributed by atoms with Gasteiger partial charge in [0.1, 0.15) is 0 Å². The molecule has 0 spiro atoms. The van der Waals surface area contributed by atoms with Crippen molar-refractivity contribution in [2.45, 2.75) is 0 Å². The van der Waals surface area contributed by atoms with Crippen LogP contribution in [0.15, 0.2) is 206 Å². The van der Waals surface area contributed by atoms with Crippen LogP contribution >= 0.6 is 0 Å². The number of aromatic nitrogens is 3. The van der Waals surface area contributed by atoms with Crippen molar-refractivity contribution in [2.75, 3.05) is 4.90 Å². The first-order chi connectivity index (χ1) is 26.3. The van der Waals surface area contributed by atoms with E-state index >= 15 is 0 Å². The van der Waals surface area contributed by atoms with Crippen LogP contribution in [0.2, 0.25) is 0 Å². The van der Waals surface area contributed by atoms with E-state index < -0.39 is 0 Å². The topological polar surface area (TPSA) is 25.5 Å². The van der Waals surface area contributed by atoms with Gasteiger partial charge < -0.3 is 4.90 Å². The second-order valence-electron chi connectivity index (χ2n) is 13.3. The van der Waals surface area contributed by atoms with Crippen molar-refractivity contribution < 1.29 is 0 Å². The van der Waals surface area contributed by atoms with Gasteiger partial charge in [-0.15, -0.1) is 0 Å². The van der Waals surface area contributed by atoms with Gasteiger partial charge in [0.25, 0.3) is 0 Å². The molecule has 0 aliphatic rings. The zero-order chi connectivity index (χ0) is 35.1. The van der Waals surface area contributed by atoms with Crippen molar-refractivity contribution in [3.8, 4) is 39.1 Å². The molecule has 4 heteroatoms. The first kappa shape index (κ1) is 30.6. The molecule has 0 radical (unpaired) electrons. The first-order valence-corrected chi connectivity index (χ1v) is 18.0. The number of imidazole rings is 2. The summed E-state index contributed by atoms with van der Waals surface area (Å²) in [5, 5.41) is 0. The number of anilines is 3. The highest BCUT2D eigenvalue weighted by molar-refractivity contribution is 5.92. The third-order valence-corrected chi connectivity index (χ3v) is 10.2. The number of para-hydroxylation sites is 5. The lowest BCUT2D eigenvalue weighted by Crippen LogP contribution is -2.09. The maximum absolute atomic E-state index is 5.04. The van der Waals surface area contributed by atoms with Crippen molar-refractivity contribution in [3.63, 3.8) is 0 Å². The monoisotopic (exact) mass is 678 g/mol. The van der Waals surface area contributed by atoms with E-state index in [0.717, 1.165) is 61.7 Å². The normalized spacial score (nSPS) is 11.4. The molecular weight excluding hydrogens is 645 g/mol. The summed E-state index contributed by atoms with van der Waals surface area (Å²) in [6, 6.07) is 73.3. The molecule has 10 rings (SSSR count). The third kappa shape index (κ3) is 5.45. The molecule has 0 N–H and O–H groups in total. The van der Waals surface area contributed by atoms with E-state index in [4.69, 9.17) is 4.98 Å². The van der Waals surface area contributed by atoms with E-state index in [1.54, 1.807) is 0 Å². The zero-order valence-electron chi connectivity index (χ0n) is 28.9. The summed E-state index contributed by atoms with van der Waals surface area (Å²) in [6.07, 6.45) is 0. The number of fused-ring (bicyclic) bond motifs is 5. The highest BCUT2D eigenvalue weighted by Gasteiger charge is 2.17. The smallest absolute Gasteiger partial charge is 0.220 e. The average Bonchev–Trinajstić information content (AvgIpc) is 3.77. The van der Waals surface area contributed by atoms with Gasteiger partial charge in [-0.25, -0.2) is 4.98 Å². The van der Waals surface area contributed by atoms with Crippen molar-refractivity contribution in [1.29, 1.82) is 0 Å². The molecule has 10 aromatic rings. The van der Waals surface area contributed by atoms with Crippen LogP contribution < -0.4 is 4.90 Å². The summed E-state index contributed by atoms with van der Waals surface area (Å²) in [6.45, 7) is 0. The SMILES string of the molecule is c1ccc(-c2ccc(-c3ccc(N(c4ccccc4)c4ccc(-c5ccc(-n6c7ccccc7n7c8ccccc8nc67)cc5)cc4)cc3)cc2)cc1. The molecule has 2 aromatic heterocycles. The molecule has 0 unspecified atom stereocenters. The van der Waals surface area contributed by atoms with E-state index in [9.17, 15) is 0 Å². The molecule has 0 saturated carbocycles. The summed E-state index contributed by atoms with van der Waals surface area (Å²) < 4.78 is 4.51. The van der Waals surface area contributed by atoms with Gasteiger partial charge in [0.05, 0.1) is 22.1 Å².